The highest BCUT2D eigenvalue weighted by atomic mass is 16.4. The highest BCUT2D eigenvalue weighted by Gasteiger charge is 2.16. The smallest absolute Gasteiger partial charge is 0.406 e. The van der Waals surface area contributed by atoms with Gasteiger partial charge in [-0.25, -0.2) is 9.78 Å². The molecule has 0 spiro atoms. The Morgan fingerprint density at radius 2 is 1.64 bits per heavy atom. The van der Waals surface area contributed by atoms with E-state index in [-0.39, 0.29) is 5.76 Å². The summed E-state index contributed by atoms with van der Waals surface area (Å²) in [6.07, 6.45) is 7.75. The molecule has 0 saturated carbocycles. The summed E-state index contributed by atoms with van der Waals surface area (Å²) in [4.78, 5) is 21.3. The van der Waals surface area contributed by atoms with E-state index in [0.29, 0.717) is 17.8 Å². The number of piperazine rings is 1. The molecule has 0 aliphatic carbocycles. The second-order valence-electron chi connectivity index (χ2n) is 6.94. The van der Waals surface area contributed by atoms with Gasteiger partial charge in [0.25, 0.3) is 0 Å². The maximum atomic E-state index is 11.9. The van der Waals surface area contributed by atoms with Crippen molar-refractivity contribution < 1.29 is 4.42 Å². The zero-order chi connectivity index (χ0) is 17.5. The van der Waals surface area contributed by atoms with Crippen LogP contribution in [0.3, 0.4) is 0 Å². The first-order chi connectivity index (χ1) is 12.3. The number of rotatable bonds is 9. The average molecular weight is 346 g/mol. The summed E-state index contributed by atoms with van der Waals surface area (Å²) >= 11 is 0. The fraction of sp³-hybridized carbons (Fsp3) is 0.684. The molecule has 1 aliphatic rings. The maximum absolute atomic E-state index is 11.9. The molecule has 0 aromatic carbocycles. The minimum absolute atomic E-state index is 0.297. The van der Waals surface area contributed by atoms with Crippen LogP contribution in [0.25, 0.3) is 11.2 Å². The van der Waals surface area contributed by atoms with E-state index in [9.17, 15) is 4.79 Å². The van der Waals surface area contributed by atoms with Crippen molar-refractivity contribution in [2.24, 2.45) is 0 Å². The van der Waals surface area contributed by atoms with Crippen molar-refractivity contribution in [3.63, 3.8) is 0 Å². The number of oxazole rings is 1. The van der Waals surface area contributed by atoms with E-state index in [1.54, 1.807) is 22.9 Å². The van der Waals surface area contributed by atoms with Gasteiger partial charge < -0.3 is 14.2 Å². The first kappa shape index (κ1) is 18.1. The van der Waals surface area contributed by atoms with Crippen LogP contribution in [-0.4, -0.2) is 58.6 Å². The lowest BCUT2D eigenvalue weighted by Gasteiger charge is -2.34. The number of hydrogen-bond acceptors (Lipinski definition) is 5. The standard InChI is InChI=1S/C19H30N4O2/c1-2-3-4-10-21-13-15-22(16-14-21)11-5-6-12-23-18-17(25-19(23)24)8-7-9-20-18/h7-9H,2-6,10-16H2,1H3. The second-order valence-corrected chi connectivity index (χ2v) is 6.94. The maximum Gasteiger partial charge on any atom is 0.421 e. The first-order valence-electron chi connectivity index (χ1n) is 9.67. The normalized spacial score (nSPS) is 16.7. The monoisotopic (exact) mass is 346 g/mol. The number of pyridine rings is 1. The molecular formula is C19H30N4O2. The molecule has 3 heterocycles. The van der Waals surface area contributed by atoms with E-state index in [0.717, 1.165) is 19.4 Å². The summed E-state index contributed by atoms with van der Waals surface area (Å²) in [5.41, 5.74) is 1.24. The van der Waals surface area contributed by atoms with Crippen molar-refractivity contribution in [3.05, 3.63) is 28.9 Å². The fourth-order valence-electron chi connectivity index (χ4n) is 3.52. The van der Waals surface area contributed by atoms with Gasteiger partial charge in [-0.2, -0.15) is 0 Å². The van der Waals surface area contributed by atoms with Crippen molar-refractivity contribution >= 4 is 11.2 Å². The molecule has 0 bridgehead atoms. The van der Waals surface area contributed by atoms with Crippen LogP contribution >= 0.6 is 0 Å². The van der Waals surface area contributed by atoms with E-state index >= 15 is 0 Å². The number of nitrogens with zero attached hydrogens (tertiary/aromatic N) is 4. The minimum Gasteiger partial charge on any atom is -0.406 e. The van der Waals surface area contributed by atoms with Crippen molar-refractivity contribution in [2.45, 2.75) is 45.6 Å². The molecular weight excluding hydrogens is 316 g/mol. The molecule has 1 aliphatic heterocycles. The molecule has 0 atom stereocenters. The van der Waals surface area contributed by atoms with Crippen LogP contribution in [0.15, 0.2) is 27.5 Å². The number of aromatic nitrogens is 2. The van der Waals surface area contributed by atoms with E-state index in [4.69, 9.17) is 4.42 Å². The summed E-state index contributed by atoms with van der Waals surface area (Å²) in [6, 6.07) is 3.58. The molecule has 1 fully saturated rings. The molecule has 25 heavy (non-hydrogen) atoms. The highest BCUT2D eigenvalue weighted by Crippen LogP contribution is 2.10. The van der Waals surface area contributed by atoms with Gasteiger partial charge in [-0.1, -0.05) is 19.8 Å². The predicted molar refractivity (Wildman–Crippen MR) is 99.9 cm³/mol. The zero-order valence-electron chi connectivity index (χ0n) is 15.3. The molecule has 2 aromatic rings. The van der Waals surface area contributed by atoms with Crippen LogP contribution in [0.2, 0.25) is 0 Å². The highest BCUT2D eigenvalue weighted by molar-refractivity contribution is 5.67. The number of hydrogen-bond donors (Lipinski definition) is 0. The van der Waals surface area contributed by atoms with Gasteiger partial charge in [-0.05, 0) is 44.5 Å². The Kier molecular flexibility index (Phi) is 6.64. The van der Waals surface area contributed by atoms with Gasteiger partial charge in [0.05, 0.1) is 0 Å². The topological polar surface area (TPSA) is 54.5 Å². The van der Waals surface area contributed by atoms with Crippen LogP contribution in [0.5, 0.6) is 0 Å². The molecule has 0 unspecified atom stereocenters. The van der Waals surface area contributed by atoms with Crippen LogP contribution in [0, 0.1) is 0 Å². The predicted octanol–water partition coefficient (Wildman–Crippen LogP) is 2.58. The van der Waals surface area contributed by atoms with E-state index in [1.807, 2.05) is 0 Å². The summed E-state index contributed by atoms with van der Waals surface area (Å²) in [6.45, 7) is 10.0. The van der Waals surface area contributed by atoms with Crippen molar-refractivity contribution in [1.82, 2.24) is 19.4 Å². The van der Waals surface area contributed by atoms with Crippen molar-refractivity contribution in [2.75, 3.05) is 39.3 Å². The number of unbranched alkanes of at least 4 members (excludes halogenated alkanes) is 3. The lowest BCUT2D eigenvalue weighted by molar-refractivity contribution is 0.129. The zero-order valence-corrected chi connectivity index (χ0v) is 15.3. The van der Waals surface area contributed by atoms with Gasteiger partial charge in [-0.3, -0.25) is 4.57 Å². The SMILES string of the molecule is CCCCCN1CCN(CCCCn2c(=O)oc3cccnc32)CC1. The van der Waals surface area contributed by atoms with Crippen LogP contribution in [0.4, 0.5) is 0 Å². The molecule has 138 valence electrons. The van der Waals surface area contributed by atoms with Gasteiger partial charge in [0.2, 0.25) is 0 Å². The van der Waals surface area contributed by atoms with Crippen LogP contribution < -0.4 is 5.76 Å². The van der Waals surface area contributed by atoms with Gasteiger partial charge in [0.1, 0.15) is 0 Å². The third-order valence-corrected chi connectivity index (χ3v) is 5.07. The third kappa shape index (κ3) is 4.92. The Balaban J connectivity index is 1.36. The van der Waals surface area contributed by atoms with E-state index in [2.05, 4.69) is 21.7 Å². The summed E-state index contributed by atoms with van der Waals surface area (Å²) < 4.78 is 6.88. The Hall–Kier alpha value is -1.66. The largest absolute Gasteiger partial charge is 0.421 e. The van der Waals surface area contributed by atoms with Crippen molar-refractivity contribution in [1.29, 1.82) is 0 Å². The Bertz CT molecular complexity index is 701. The van der Waals surface area contributed by atoms with E-state index < -0.39 is 0 Å². The van der Waals surface area contributed by atoms with Gasteiger partial charge in [0.15, 0.2) is 11.2 Å². The average Bonchev–Trinajstić information content (AvgIpc) is 2.95. The third-order valence-electron chi connectivity index (χ3n) is 5.07. The molecule has 6 nitrogen and oxygen atoms in total. The molecule has 0 amide bonds. The Morgan fingerprint density at radius 3 is 2.32 bits per heavy atom. The Morgan fingerprint density at radius 1 is 1.00 bits per heavy atom. The quantitative estimate of drug-likeness (QED) is 0.653. The van der Waals surface area contributed by atoms with Crippen LogP contribution in [0.1, 0.15) is 39.0 Å². The van der Waals surface area contributed by atoms with Gasteiger partial charge >= 0.3 is 5.76 Å². The van der Waals surface area contributed by atoms with Crippen LogP contribution in [-0.2, 0) is 6.54 Å². The van der Waals surface area contributed by atoms with E-state index in [1.165, 1.54) is 52.0 Å². The minimum atomic E-state index is -0.297. The van der Waals surface area contributed by atoms with Gasteiger partial charge in [-0.15, -0.1) is 0 Å². The fourth-order valence-corrected chi connectivity index (χ4v) is 3.52. The number of aryl methyl sites for hydroxylation is 1. The summed E-state index contributed by atoms with van der Waals surface area (Å²) in [5, 5.41) is 0. The first-order valence-corrected chi connectivity index (χ1v) is 9.67. The summed E-state index contributed by atoms with van der Waals surface area (Å²) in [5.74, 6) is -0.297. The molecule has 0 N–H and O–H groups in total. The molecule has 0 radical (unpaired) electrons. The van der Waals surface area contributed by atoms with Gasteiger partial charge in [0, 0.05) is 38.9 Å². The second kappa shape index (κ2) is 9.15. The molecule has 2 aromatic heterocycles. The lowest BCUT2D eigenvalue weighted by Crippen LogP contribution is -2.46. The lowest BCUT2D eigenvalue weighted by atomic mass is 10.2. The molecule has 3 rings (SSSR count). The Labute approximate surface area is 149 Å². The summed E-state index contributed by atoms with van der Waals surface area (Å²) in [7, 11) is 0. The molecule has 1 saturated heterocycles. The molecule has 6 heteroatoms. The number of fused-ring (bicyclic) bond motifs is 1. The van der Waals surface area contributed by atoms with Crippen molar-refractivity contribution in [3.8, 4) is 0 Å².